The van der Waals surface area contributed by atoms with E-state index in [1.54, 1.807) is 0 Å². The number of nitrogens with one attached hydrogen (secondary N) is 1. The van der Waals surface area contributed by atoms with E-state index in [1.807, 2.05) is 0 Å². The van der Waals surface area contributed by atoms with Crippen LogP contribution in [0.25, 0.3) is 0 Å². The van der Waals surface area contributed by atoms with Gasteiger partial charge in [0, 0.05) is 15.3 Å². The summed E-state index contributed by atoms with van der Waals surface area (Å²) >= 11 is 0. The van der Waals surface area contributed by atoms with Crippen molar-refractivity contribution in [1.29, 1.82) is 0 Å². The highest BCUT2D eigenvalue weighted by atomic mass is 16.1. The minimum absolute atomic E-state index is 0.170. The molecule has 0 rings (SSSR count). The Morgan fingerprint density at radius 2 is 2.80 bits per heavy atom. The Kier molecular flexibility index (Phi) is 0.947. The van der Waals surface area contributed by atoms with Crippen molar-refractivity contribution >= 4 is 5.91 Å². The quantitative estimate of drug-likeness (QED) is 0.422. The molecule has 0 atom stereocenters. The summed E-state index contributed by atoms with van der Waals surface area (Å²) < 4.78 is 6.40. The fourth-order valence-corrected chi connectivity index (χ4v) is 0. The Morgan fingerprint density at radius 1 is 2.20 bits per heavy atom. The van der Waals surface area contributed by atoms with Crippen molar-refractivity contribution in [2.75, 3.05) is 7.05 Å². The first-order valence-electron chi connectivity index (χ1n) is 2.01. The maximum atomic E-state index is 9.88. The molecule has 0 unspecified atom stereocenters. The average molecular weight is 74.1 g/mol. The third-order valence-corrected chi connectivity index (χ3v) is 0.279. The lowest BCUT2D eigenvalue weighted by Gasteiger charge is -1.80. The van der Waals surface area contributed by atoms with Crippen LogP contribution in [0.1, 0.15) is 8.27 Å². The largest absolute Gasteiger partial charge is 0.359 e. The Hall–Kier alpha value is -0.530. The van der Waals surface area contributed by atoms with E-state index in [0.29, 0.717) is 0 Å². The molecule has 0 aromatic heterocycles. The number of rotatable bonds is 0. The van der Waals surface area contributed by atoms with Gasteiger partial charge in [-0.25, -0.2) is 0 Å². The van der Waals surface area contributed by atoms with Crippen molar-refractivity contribution in [1.82, 2.24) is 5.32 Å². The molecule has 2 nitrogen and oxygen atoms in total. The maximum Gasteiger partial charge on any atom is 0.216 e. The molecule has 0 fully saturated rings. The molecular weight excluding hydrogens is 66.0 g/mol. The van der Waals surface area contributed by atoms with Crippen LogP contribution in [0.5, 0.6) is 0 Å². The molecule has 30 valence electrons. The molecular formula is C3H7NO. The van der Waals surface area contributed by atoms with Crippen LogP contribution < -0.4 is 5.32 Å². The van der Waals surface area contributed by atoms with Gasteiger partial charge in [0.2, 0.25) is 5.91 Å². The summed E-state index contributed by atoms with van der Waals surface area (Å²) in [5.41, 5.74) is 0. The van der Waals surface area contributed by atoms with Crippen molar-refractivity contribution in [2.45, 2.75) is 6.90 Å². The van der Waals surface area contributed by atoms with E-state index < -0.39 is 0 Å². The standard InChI is InChI=1S/C3H7NO/c1-3(5)4-2/h1-2H3,(H,4,5)/i1D. The van der Waals surface area contributed by atoms with Gasteiger partial charge in [0.25, 0.3) is 0 Å². The predicted molar refractivity (Wildman–Crippen MR) is 19.7 cm³/mol. The van der Waals surface area contributed by atoms with Gasteiger partial charge in [-0.2, -0.15) is 0 Å². The zero-order chi connectivity index (χ0) is 4.99. The summed E-state index contributed by atoms with van der Waals surface area (Å²) in [6, 6.07) is 0. The Morgan fingerprint density at radius 3 is 2.80 bits per heavy atom. The Labute approximate surface area is 32.6 Å². The molecule has 0 saturated heterocycles. The maximum absolute atomic E-state index is 9.88. The van der Waals surface area contributed by atoms with Crippen molar-refractivity contribution in [3.05, 3.63) is 0 Å². The van der Waals surface area contributed by atoms with Crippen LogP contribution in [0.4, 0.5) is 0 Å². The van der Waals surface area contributed by atoms with Crippen LogP contribution in [0, 0.1) is 0 Å². The molecule has 0 spiro atoms. The van der Waals surface area contributed by atoms with E-state index in [4.69, 9.17) is 1.37 Å². The Balaban J connectivity index is 2.99. The van der Waals surface area contributed by atoms with Crippen molar-refractivity contribution in [3.63, 3.8) is 0 Å². The number of hydrogen-bond donors (Lipinski definition) is 1. The molecule has 0 saturated carbocycles. The van der Waals surface area contributed by atoms with E-state index in [1.165, 1.54) is 7.05 Å². The van der Waals surface area contributed by atoms with Crippen LogP contribution in [-0.4, -0.2) is 13.0 Å². The van der Waals surface area contributed by atoms with Crippen LogP contribution in [0.15, 0.2) is 0 Å². The summed E-state index contributed by atoms with van der Waals surface area (Å²) in [6.07, 6.45) is 0. The number of carbonyl (C=O) groups is 1. The second-order valence-corrected chi connectivity index (χ2v) is 0.673. The van der Waals surface area contributed by atoms with Gasteiger partial charge in [-0.05, 0) is 0 Å². The van der Waals surface area contributed by atoms with Gasteiger partial charge in [-0.15, -0.1) is 0 Å². The third kappa shape index (κ3) is 3.47. The zero-order valence-corrected chi connectivity index (χ0v) is 3.12. The molecule has 1 N–H and O–H groups in total. The fourth-order valence-electron chi connectivity index (χ4n) is 0. The zero-order valence-electron chi connectivity index (χ0n) is 4.12. The molecule has 0 aromatic rings. The van der Waals surface area contributed by atoms with Crippen molar-refractivity contribution in [3.8, 4) is 0 Å². The lowest BCUT2D eigenvalue weighted by atomic mass is 10.7. The third-order valence-electron chi connectivity index (χ3n) is 0.279. The molecule has 0 bridgehead atoms. The van der Waals surface area contributed by atoms with E-state index in [0.717, 1.165) is 0 Å². The molecule has 1 amide bonds. The van der Waals surface area contributed by atoms with Gasteiger partial charge in [0.15, 0.2) is 0 Å². The van der Waals surface area contributed by atoms with Crippen LogP contribution in [0.2, 0.25) is 0 Å². The summed E-state index contributed by atoms with van der Waals surface area (Å²) in [7, 11) is 1.51. The highest BCUT2D eigenvalue weighted by molar-refractivity contribution is 5.72. The smallest absolute Gasteiger partial charge is 0.216 e. The SMILES string of the molecule is [2H]CC(=O)NC. The summed E-state index contributed by atoms with van der Waals surface area (Å²) in [4.78, 5) is 9.88. The predicted octanol–water partition coefficient (Wildman–Crippen LogP) is -0.248. The average Bonchev–Trinajstić information content (AvgIpc) is 1.65. The fraction of sp³-hybridized carbons (Fsp3) is 0.667. The number of carbonyl (C=O) groups excluding carboxylic acids is 1. The first kappa shape index (κ1) is 2.69. The van der Waals surface area contributed by atoms with E-state index in [9.17, 15) is 4.79 Å². The molecule has 0 heterocycles. The minimum Gasteiger partial charge on any atom is -0.359 e. The van der Waals surface area contributed by atoms with Crippen LogP contribution >= 0.6 is 0 Å². The molecule has 5 heavy (non-hydrogen) atoms. The van der Waals surface area contributed by atoms with Crippen LogP contribution in [-0.2, 0) is 4.79 Å². The molecule has 0 radical (unpaired) electrons. The van der Waals surface area contributed by atoms with Gasteiger partial charge in [-0.1, -0.05) is 0 Å². The minimum atomic E-state index is -0.241. The van der Waals surface area contributed by atoms with Crippen molar-refractivity contribution in [2.24, 2.45) is 0 Å². The monoisotopic (exact) mass is 74.1 g/mol. The Bertz CT molecular complexity index is 48.8. The van der Waals surface area contributed by atoms with Crippen molar-refractivity contribution < 1.29 is 6.17 Å². The van der Waals surface area contributed by atoms with Gasteiger partial charge in [0.1, 0.15) is 0 Å². The lowest BCUT2D eigenvalue weighted by molar-refractivity contribution is -0.118. The number of hydrogen-bond acceptors (Lipinski definition) is 1. The highest BCUT2D eigenvalue weighted by Crippen LogP contribution is 1.45. The summed E-state index contributed by atoms with van der Waals surface area (Å²) in [5.74, 6) is -0.241. The normalized spacial score (nSPS) is 9.40. The first-order valence-corrected chi connectivity index (χ1v) is 1.31. The molecule has 0 aromatic carbocycles. The molecule has 0 aliphatic carbocycles. The molecule has 0 aliphatic heterocycles. The van der Waals surface area contributed by atoms with Crippen LogP contribution in [0.3, 0.4) is 0 Å². The first-order chi connectivity index (χ1) is 2.81. The molecule has 0 aliphatic rings. The van der Waals surface area contributed by atoms with Gasteiger partial charge in [0.05, 0.1) is 0 Å². The van der Waals surface area contributed by atoms with E-state index in [-0.39, 0.29) is 12.8 Å². The highest BCUT2D eigenvalue weighted by Gasteiger charge is 1.72. The van der Waals surface area contributed by atoms with E-state index >= 15 is 0 Å². The van der Waals surface area contributed by atoms with Gasteiger partial charge < -0.3 is 5.32 Å². The summed E-state index contributed by atoms with van der Waals surface area (Å²) in [6.45, 7) is -0.170. The van der Waals surface area contributed by atoms with Gasteiger partial charge >= 0.3 is 0 Å². The summed E-state index contributed by atoms with van der Waals surface area (Å²) in [5, 5.41) is 2.29. The second kappa shape index (κ2) is 1.76. The topological polar surface area (TPSA) is 29.1 Å². The molecule has 2 heteroatoms. The number of amides is 1. The lowest BCUT2D eigenvalue weighted by Crippen LogP contribution is -2.11. The second-order valence-electron chi connectivity index (χ2n) is 0.673. The van der Waals surface area contributed by atoms with E-state index in [2.05, 4.69) is 5.32 Å². The van der Waals surface area contributed by atoms with Gasteiger partial charge in [-0.3, -0.25) is 4.79 Å².